The van der Waals surface area contributed by atoms with Gasteiger partial charge in [-0.3, -0.25) is 0 Å². The lowest BCUT2D eigenvalue weighted by atomic mass is 9.92. The quantitative estimate of drug-likeness (QED) is 0.841. The first-order valence-electron chi connectivity index (χ1n) is 8.34. The van der Waals surface area contributed by atoms with Crippen molar-refractivity contribution in [2.45, 2.75) is 18.9 Å². The standard InChI is InChI=1S/C18H17F2N5/c19-14-2-1-3-16(13(14)8-21)25-7-5-12-4-6-24(10-17(12)25)18-15(20)9-22-11-23-18/h1-3,9,11-12,17H,4-7,10H2. The fraction of sp³-hybridized carbons (Fsp3) is 0.389. The van der Waals surface area contributed by atoms with Crippen molar-refractivity contribution in [3.63, 3.8) is 0 Å². The lowest BCUT2D eigenvalue weighted by molar-refractivity contribution is 0.386. The van der Waals surface area contributed by atoms with Gasteiger partial charge in [0.15, 0.2) is 11.6 Å². The first-order valence-corrected chi connectivity index (χ1v) is 8.34. The molecule has 0 saturated carbocycles. The highest BCUT2D eigenvalue weighted by Crippen LogP contribution is 2.38. The van der Waals surface area contributed by atoms with Crippen molar-refractivity contribution in [3.8, 4) is 6.07 Å². The third-order valence-corrected chi connectivity index (χ3v) is 5.22. The number of hydrogen-bond acceptors (Lipinski definition) is 5. The van der Waals surface area contributed by atoms with Gasteiger partial charge < -0.3 is 9.80 Å². The number of halogens is 2. The molecule has 0 amide bonds. The summed E-state index contributed by atoms with van der Waals surface area (Å²) in [6, 6.07) is 6.80. The van der Waals surface area contributed by atoms with Gasteiger partial charge >= 0.3 is 0 Å². The van der Waals surface area contributed by atoms with E-state index in [9.17, 15) is 14.0 Å². The zero-order valence-corrected chi connectivity index (χ0v) is 13.6. The Morgan fingerprint density at radius 1 is 1.16 bits per heavy atom. The van der Waals surface area contributed by atoms with Gasteiger partial charge in [-0.05, 0) is 30.9 Å². The Labute approximate surface area is 144 Å². The van der Waals surface area contributed by atoms with Gasteiger partial charge in [0.25, 0.3) is 0 Å². The molecule has 0 spiro atoms. The molecule has 5 nitrogen and oxygen atoms in total. The molecule has 2 saturated heterocycles. The Morgan fingerprint density at radius 3 is 2.80 bits per heavy atom. The van der Waals surface area contributed by atoms with Gasteiger partial charge in [0.1, 0.15) is 23.8 Å². The maximum atomic E-state index is 14.0. The van der Waals surface area contributed by atoms with E-state index >= 15 is 0 Å². The number of piperidine rings is 1. The minimum Gasteiger partial charge on any atom is -0.365 e. The Bertz CT molecular complexity index is 834. The number of benzene rings is 1. The molecule has 2 fully saturated rings. The van der Waals surface area contributed by atoms with E-state index in [2.05, 4.69) is 14.9 Å². The predicted molar refractivity (Wildman–Crippen MR) is 89.2 cm³/mol. The molecule has 0 radical (unpaired) electrons. The van der Waals surface area contributed by atoms with E-state index in [1.165, 1.54) is 18.6 Å². The van der Waals surface area contributed by atoms with Crippen LogP contribution in [0, 0.1) is 28.9 Å². The summed E-state index contributed by atoms with van der Waals surface area (Å²) < 4.78 is 28.0. The molecule has 4 rings (SSSR count). The predicted octanol–water partition coefficient (Wildman–Crippen LogP) is 2.73. The number of rotatable bonds is 2. The smallest absolute Gasteiger partial charge is 0.183 e. The maximum Gasteiger partial charge on any atom is 0.183 e. The summed E-state index contributed by atoms with van der Waals surface area (Å²) in [4.78, 5) is 11.8. The highest BCUT2D eigenvalue weighted by Gasteiger charge is 2.40. The normalized spacial score (nSPS) is 22.6. The minimum absolute atomic E-state index is 0.0773. The number of nitrogens with zero attached hydrogens (tertiary/aromatic N) is 5. The topological polar surface area (TPSA) is 56.1 Å². The fourth-order valence-corrected chi connectivity index (χ4v) is 4.03. The Morgan fingerprint density at radius 2 is 2.00 bits per heavy atom. The molecule has 3 heterocycles. The van der Waals surface area contributed by atoms with Gasteiger partial charge in [-0.2, -0.15) is 5.26 Å². The average molecular weight is 341 g/mol. The summed E-state index contributed by atoms with van der Waals surface area (Å²) in [5, 5.41) is 9.33. The van der Waals surface area contributed by atoms with Crippen LogP contribution in [-0.2, 0) is 0 Å². The van der Waals surface area contributed by atoms with E-state index < -0.39 is 11.6 Å². The Balaban J connectivity index is 1.64. The molecular formula is C18H17F2N5. The molecule has 2 aliphatic rings. The second kappa shape index (κ2) is 6.28. The molecule has 0 aliphatic carbocycles. The minimum atomic E-state index is -0.502. The van der Waals surface area contributed by atoms with Gasteiger partial charge in [0.05, 0.1) is 11.9 Å². The largest absolute Gasteiger partial charge is 0.365 e. The number of fused-ring (bicyclic) bond motifs is 1. The van der Waals surface area contributed by atoms with Crippen molar-refractivity contribution in [3.05, 3.63) is 47.9 Å². The summed E-state index contributed by atoms with van der Waals surface area (Å²) in [6.45, 7) is 2.10. The lowest BCUT2D eigenvalue weighted by Crippen LogP contribution is -2.49. The maximum absolute atomic E-state index is 14.0. The molecule has 2 unspecified atom stereocenters. The molecule has 128 valence electrons. The van der Waals surface area contributed by atoms with Gasteiger partial charge in [-0.25, -0.2) is 18.7 Å². The Hall–Kier alpha value is -2.75. The second-order valence-electron chi connectivity index (χ2n) is 6.48. The number of nitriles is 1. The molecule has 2 atom stereocenters. The highest BCUT2D eigenvalue weighted by molar-refractivity contribution is 5.61. The van der Waals surface area contributed by atoms with Crippen LogP contribution in [0.3, 0.4) is 0 Å². The van der Waals surface area contributed by atoms with Crippen LogP contribution in [-0.4, -0.2) is 35.6 Å². The first-order chi connectivity index (χ1) is 12.2. The summed E-state index contributed by atoms with van der Waals surface area (Å²) in [6.07, 6.45) is 4.42. The van der Waals surface area contributed by atoms with Gasteiger partial charge in [-0.1, -0.05) is 6.07 Å². The molecular weight excluding hydrogens is 324 g/mol. The van der Waals surface area contributed by atoms with Crippen LogP contribution in [0.5, 0.6) is 0 Å². The number of aromatic nitrogens is 2. The zero-order chi connectivity index (χ0) is 17.4. The Kier molecular flexibility index (Phi) is 3.96. The molecule has 1 aromatic heterocycles. The van der Waals surface area contributed by atoms with Crippen molar-refractivity contribution in [2.24, 2.45) is 5.92 Å². The van der Waals surface area contributed by atoms with E-state index in [4.69, 9.17) is 0 Å². The van der Waals surface area contributed by atoms with Crippen LogP contribution in [0.25, 0.3) is 0 Å². The van der Waals surface area contributed by atoms with E-state index in [0.29, 0.717) is 24.0 Å². The third kappa shape index (κ3) is 2.68. The SMILES string of the molecule is N#Cc1c(F)cccc1N1CCC2CCN(c3ncncc3F)CC21. The molecule has 2 aromatic rings. The summed E-state index contributed by atoms with van der Waals surface area (Å²) >= 11 is 0. The zero-order valence-electron chi connectivity index (χ0n) is 13.6. The molecule has 0 N–H and O–H groups in total. The number of hydrogen-bond donors (Lipinski definition) is 0. The van der Waals surface area contributed by atoms with Crippen LogP contribution in [0.1, 0.15) is 18.4 Å². The van der Waals surface area contributed by atoms with Crippen molar-refractivity contribution < 1.29 is 8.78 Å². The highest BCUT2D eigenvalue weighted by atomic mass is 19.1. The fourth-order valence-electron chi connectivity index (χ4n) is 4.03. The monoisotopic (exact) mass is 341 g/mol. The molecule has 25 heavy (non-hydrogen) atoms. The van der Waals surface area contributed by atoms with Gasteiger partial charge in [-0.15, -0.1) is 0 Å². The average Bonchev–Trinajstić information content (AvgIpc) is 3.05. The summed E-state index contributed by atoms with van der Waals surface area (Å²) in [5.41, 5.74) is 0.702. The van der Waals surface area contributed by atoms with Crippen molar-refractivity contribution in [1.29, 1.82) is 5.26 Å². The molecule has 0 bridgehead atoms. The molecule has 7 heteroatoms. The molecule has 2 aliphatic heterocycles. The van der Waals surface area contributed by atoms with Crippen molar-refractivity contribution in [2.75, 3.05) is 29.4 Å². The van der Waals surface area contributed by atoms with Gasteiger partial charge in [0.2, 0.25) is 0 Å². The first kappa shape index (κ1) is 15.8. The van der Waals surface area contributed by atoms with Crippen LogP contribution in [0.4, 0.5) is 20.3 Å². The third-order valence-electron chi connectivity index (χ3n) is 5.22. The van der Waals surface area contributed by atoms with Gasteiger partial charge in [0, 0.05) is 25.7 Å². The van der Waals surface area contributed by atoms with Crippen molar-refractivity contribution in [1.82, 2.24) is 9.97 Å². The van der Waals surface area contributed by atoms with Crippen LogP contribution in [0.2, 0.25) is 0 Å². The van der Waals surface area contributed by atoms with Crippen molar-refractivity contribution >= 4 is 11.5 Å². The summed E-state index contributed by atoms with van der Waals surface area (Å²) in [5.74, 6) is -0.178. The summed E-state index contributed by atoms with van der Waals surface area (Å²) in [7, 11) is 0. The van der Waals surface area contributed by atoms with E-state index in [0.717, 1.165) is 25.9 Å². The van der Waals surface area contributed by atoms with E-state index in [-0.39, 0.29) is 11.6 Å². The van der Waals surface area contributed by atoms with Crippen LogP contribution < -0.4 is 9.80 Å². The van der Waals surface area contributed by atoms with E-state index in [1.807, 2.05) is 11.0 Å². The van der Waals surface area contributed by atoms with Crippen LogP contribution in [0.15, 0.2) is 30.7 Å². The second-order valence-corrected chi connectivity index (χ2v) is 6.48. The van der Waals surface area contributed by atoms with E-state index in [1.54, 1.807) is 12.1 Å². The molecule has 1 aromatic carbocycles. The lowest BCUT2D eigenvalue weighted by Gasteiger charge is -2.40. The van der Waals surface area contributed by atoms with Crippen LogP contribution >= 0.6 is 0 Å². The number of anilines is 2.